The van der Waals surface area contributed by atoms with Gasteiger partial charge in [-0.15, -0.1) is 0 Å². The van der Waals surface area contributed by atoms with Crippen molar-refractivity contribution in [1.82, 2.24) is 14.9 Å². The van der Waals surface area contributed by atoms with Gasteiger partial charge in [-0.2, -0.15) is 0 Å². The molecule has 21 heavy (non-hydrogen) atoms. The van der Waals surface area contributed by atoms with Crippen LogP contribution in [0.2, 0.25) is 0 Å². The Morgan fingerprint density at radius 2 is 1.95 bits per heavy atom. The Labute approximate surface area is 126 Å². The molecule has 1 aliphatic rings. The van der Waals surface area contributed by atoms with Crippen LogP contribution in [0.5, 0.6) is 0 Å². The first-order chi connectivity index (χ1) is 10.2. The average molecular weight is 287 g/mol. The van der Waals surface area contributed by atoms with E-state index in [2.05, 4.69) is 53.8 Å². The molecular formula is C17H25N3O. The number of fused-ring (bicyclic) bond motifs is 1. The minimum atomic E-state index is 0.550. The molecule has 2 aromatic rings. The van der Waals surface area contributed by atoms with Gasteiger partial charge in [-0.1, -0.05) is 26.0 Å². The van der Waals surface area contributed by atoms with Crippen LogP contribution in [0.3, 0.4) is 0 Å². The number of rotatable bonds is 4. The first kappa shape index (κ1) is 14.5. The molecule has 0 amide bonds. The van der Waals surface area contributed by atoms with Gasteiger partial charge in [0.1, 0.15) is 5.82 Å². The van der Waals surface area contributed by atoms with E-state index >= 15 is 0 Å². The van der Waals surface area contributed by atoms with Gasteiger partial charge in [-0.25, -0.2) is 4.98 Å². The van der Waals surface area contributed by atoms with Crippen molar-refractivity contribution >= 4 is 11.0 Å². The molecule has 3 rings (SSSR count). The second-order valence-corrected chi connectivity index (χ2v) is 6.27. The van der Waals surface area contributed by atoms with E-state index in [1.165, 1.54) is 5.52 Å². The van der Waals surface area contributed by atoms with Crippen LogP contribution in [0.15, 0.2) is 24.3 Å². The van der Waals surface area contributed by atoms with Crippen molar-refractivity contribution in [3.63, 3.8) is 0 Å². The first-order valence-corrected chi connectivity index (χ1v) is 7.90. The Hall–Kier alpha value is -1.39. The minimum Gasteiger partial charge on any atom is -0.381 e. The number of hydrogen-bond acceptors (Lipinski definition) is 3. The number of nitrogens with one attached hydrogen (secondary N) is 1. The van der Waals surface area contributed by atoms with Crippen LogP contribution in [0, 0.1) is 18.8 Å². The van der Waals surface area contributed by atoms with Crippen molar-refractivity contribution in [2.75, 3.05) is 19.8 Å². The highest BCUT2D eigenvalue weighted by Crippen LogP contribution is 2.20. The summed E-state index contributed by atoms with van der Waals surface area (Å²) in [6, 6.07) is 8.90. The molecule has 2 heterocycles. The van der Waals surface area contributed by atoms with Crippen LogP contribution in [0.1, 0.15) is 19.7 Å². The number of hydrogen-bond donors (Lipinski definition) is 1. The molecule has 0 spiro atoms. The van der Waals surface area contributed by atoms with Gasteiger partial charge < -0.3 is 14.6 Å². The third-order valence-electron chi connectivity index (χ3n) is 4.55. The van der Waals surface area contributed by atoms with Crippen LogP contribution in [-0.2, 0) is 11.3 Å². The molecular weight excluding hydrogens is 262 g/mol. The highest BCUT2D eigenvalue weighted by atomic mass is 16.5. The van der Waals surface area contributed by atoms with Gasteiger partial charge in [0.15, 0.2) is 0 Å². The van der Waals surface area contributed by atoms with Crippen molar-refractivity contribution in [3.05, 3.63) is 30.1 Å². The predicted octanol–water partition coefficient (Wildman–Crippen LogP) is 2.61. The molecule has 1 saturated heterocycles. The van der Waals surface area contributed by atoms with Crippen LogP contribution >= 0.6 is 0 Å². The lowest BCUT2D eigenvalue weighted by Crippen LogP contribution is -2.48. The predicted molar refractivity (Wildman–Crippen MR) is 85.4 cm³/mol. The third kappa shape index (κ3) is 2.97. The highest BCUT2D eigenvalue weighted by molar-refractivity contribution is 5.75. The molecule has 0 bridgehead atoms. The van der Waals surface area contributed by atoms with Gasteiger partial charge in [0.05, 0.1) is 24.2 Å². The first-order valence-electron chi connectivity index (χ1n) is 7.90. The summed E-state index contributed by atoms with van der Waals surface area (Å²) in [5.41, 5.74) is 2.31. The van der Waals surface area contributed by atoms with E-state index in [9.17, 15) is 0 Å². The van der Waals surface area contributed by atoms with Crippen LogP contribution < -0.4 is 5.32 Å². The summed E-state index contributed by atoms with van der Waals surface area (Å²) < 4.78 is 7.90. The van der Waals surface area contributed by atoms with E-state index in [1.807, 2.05) is 6.07 Å². The molecule has 0 saturated carbocycles. The lowest BCUT2D eigenvalue weighted by atomic mass is 9.89. The maximum atomic E-state index is 5.60. The van der Waals surface area contributed by atoms with Crippen molar-refractivity contribution in [2.24, 2.45) is 11.8 Å². The number of para-hydroxylation sites is 2. The van der Waals surface area contributed by atoms with Crippen LogP contribution in [0.4, 0.5) is 0 Å². The van der Waals surface area contributed by atoms with E-state index in [1.54, 1.807) is 0 Å². The van der Waals surface area contributed by atoms with Gasteiger partial charge in [-0.3, -0.25) is 0 Å². The molecule has 1 aromatic heterocycles. The quantitative estimate of drug-likeness (QED) is 0.939. The Balaban J connectivity index is 1.65. The lowest BCUT2D eigenvalue weighted by Gasteiger charge is -2.35. The molecule has 0 aliphatic carbocycles. The number of aromatic nitrogens is 2. The summed E-state index contributed by atoms with van der Waals surface area (Å²) in [4.78, 5) is 4.62. The van der Waals surface area contributed by atoms with Gasteiger partial charge in [0.25, 0.3) is 0 Å². The number of benzene rings is 1. The normalized spacial score (nSPS) is 26.3. The summed E-state index contributed by atoms with van der Waals surface area (Å²) >= 11 is 0. The number of imidazole rings is 1. The molecule has 1 N–H and O–H groups in total. The van der Waals surface area contributed by atoms with Gasteiger partial charge in [-0.05, 0) is 30.9 Å². The van der Waals surface area contributed by atoms with E-state index in [-0.39, 0.29) is 0 Å². The van der Waals surface area contributed by atoms with Crippen molar-refractivity contribution in [3.8, 4) is 0 Å². The van der Waals surface area contributed by atoms with Crippen LogP contribution in [-0.4, -0.2) is 35.4 Å². The number of ether oxygens (including phenoxy) is 1. The molecule has 0 radical (unpaired) electrons. The Bertz CT molecular complexity index is 597. The molecule has 1 aliphatic heterocycles. The Morgan fingerprint density at radius 1 is 1.24 bits per heavy atom. The maximum Gasteiger partial charge on any atom is 0.106 e. The zero-order chi connectivity index (χ0) is 14.8. The number of nitrogens with zero attached hydrogens (tertiary/aromatic N) is 2. The summed E-state index contributed by atoms with van der Waals surface area (Å²) in [6.07, 6.45) is 0. The fraction of sp³-hybridized carbons (Fsp3) is 0.588. The molecule has 2 atom stereocenters. The topological polar surface area (TPSA) is 39.1 Å². The van der Waals surface area contributed by atoms with Gasteiger partial charge in [0.2, 0.25) is 0 Å². The zero-order valence-electron chi connectivity index (χ0n) is 13.2. The van der Waals surface area contributed by atoms with Crippen molar-refractivity contribution < 1.29 is 4.74 Å². The molecule has 4 heteroatoms. The molecule has 4 nitrogen and oxygen atoms in total. The van der Waals surface area contributed by atoms with Crippen molar-refractivity contribution in [1.29, 1.82) is 0 Å². The summed E-state index contributed by atoms with van der Waals surface area (Å²) in [7, 11) is 0. The largest absolute Gasteiger partial charge is 0.381 e. The molecule has 114 valence electrons. The van der Waals surface area contributed by atoms with Crippen LogP contribution in [0.25, 0.3) is 11.0 Å². The van der Waals surface area contributed by atoms with Gasteiger partial charge in [0, 0.05) is 19.1 Å². The summed E-state index contributed by atoms with van der Waals surface area (Å²) in [5, 5.41) is 3.72. The molecule has 1 aromatic carbocycles. The maximum absolute atomic E-state index is 5.60. The Morgan fingerprint density at radius 3 is 2.71 bits per heavy atom. The zero-order valence-corrected chi connectivity index (χ0v) is 13.2. The fourth-order valence-electron chi connectivity index (χ4n) is 3.43. The highest BCUT2D eigenvalue weighted by Gasteiger charge is 2.27. The minimum absolute atomic E-state index is 0.550. The molecule has 2 unspecified atom stereocenters. The summed E-state index contributed by atoms with van der Waals surface area (Å²) in [5.74, 6) is 2.25. The van der Waals surface area contributed by atoms with Crippen molar-refractivity contribution in [2.45, 2.75) is 33.4 Å². The SMILES string of the molecule is Cc1nc2ccccc2n1CCNC1C(C)COCC1C. The van der Waals surface area contributed by atoms with E-state index in [4.69, 9.17) is 4.74 Å². The lowest BCUT2D eigenvalue weighted by molar-refractivity contribution is 0.00192. The number of aryl methyl sites for hydroxylation is 1. The van der Waals surface area contributed by atoms with E-state index in [0.29, 0.717) is 17.9 Å². The van der Waals surface area contributed by atoms with Gasteiger partial charge >= 0.3 is 0 Å². The Kier molecular flexibility index (Phi) is 4.27. The second kappa shape index (κ2) is 6.16. The monoisotopic (exact) mass is 287 g/mol. The summed E-state index contributed by atoms with van der Waals surface area (Å²) in [6.45, 7) is 10.3. The second-order valence-electron chi connectivity index (χ2n) is 6.27. The fourth-order valence-corrected chi connectivity index (χ4v) is 3.43. The van der Waals surface area contributed by atoms with E-state index in [0.717, 1.165) is 37.6 Å². The standard InChI is InChI=1S/C17H25N3O/c1-12-10-21-11-13(2)17(12)18-8-9-20-14(3)19-15-6-4-5-7-16(15)20/h4-7,12-13,17-18H,8-11H2,1-3H3. The smallest absolute Gasteiger partial charge is 0.106 e. The van der Waals surface area contributed by atoms with E-state index < -0.39 is 0 Å². The third-order valence-corrected chi connectivity index (χ3v) is 4.55. The molecule has 1 fully saturated rings. The average Bonchev–Trinajstić information content (AvgIpc) is 2.78.